The van der Waals surface area contributed by atoms with Gasteiger partial charge in [-0.25, -0.2) is 17.9 Å². The third-order valence-electron chi connectivity index (χ3n) is 5.33. The van der Waals surface area contributed by atoms with Crippen LogP contribution in [0.25, 0.3) is 10.8 Å². The maximum atomic E-state index is 12.6. The first-order chi connectivity index (χ1) is 15.8. The number of amides is 1. The molecule has 172 valence electrons. The second kappa shape index (κ2) is 9.12. The van der Waals surface area contributed by atoms with Crippen molar-refractivity contribution in [1.29, 1.82) is 0 Å². The van der Waals surface area contributed by atoms with Crippen LogP contribution in [0.3, 0.4) is 0 Å². The summed E-state index contributed by atoms with van der Waals surface area (Å²) in [4.78, 5) is 37.1. The van der Waals surface area contributed by atoms with Gasteiger partial charge in [0.15, 0.2) is 12.3 Å². The summed E-state index contributed by atoms with van der Waals surface area (Å²) in [5.41, 5.74) is -0.0610. The van der Waals surface area contributed by atoms with Gasteiger partial charge in [0.05, 0.1) is 10.3 Å². The Labute approximate surface area is 189 Å². The summed E-state index contributed by atoms with van der Waals surface area (Å²) < 4.78 is 32.7. The molecule has 33 heavy (non-hydrogen) atoms. The molecule has 2 heterocycles. The lowest BCUT2D eigenvalue weighted by atomic mass is 10.1. The Morgan fingerprint density at radius 1 is 1.03 bits per heavy atom. The molecule has 1 saturated heterocycles. The maximum absolute atomic E-state index is 12.6. The van der Waals surface area contributed by atoms with Gasteiger partial charge in [-0.05, 0) is 43.2 Å². The Kier molecular flexibility index (Phi) is 6.25. The number of nitrogens with zero attached hydrogens (tertiary/aromatic N) is 3. The average Bonchev–Trinajstić information content (AvgIpc) is 3.36. The fourth-order valence-electron chi connectivity index (χ4n) is 3.63. The van der Waals surface area contributed by atoms with Crippen molar-refractivity contribution < 1.29 is 22.7 Å². The monoisotopic (exact) mass is 470 g/mol. The van der Waals surface area contributed by atoms with Crippen molar-refractivity contribution in [2.75, 3.05) is 25.0 Å². The van der Waals surface area contributed by atoms with Gasteiger partial charge in [0.25, 0.3) is 11.5 Å². The van der Waals surface area contributed by atoms with Crippen LogP contribution < -0.4 is 10.9 Å². The number of carbonyl (C=O) groups is 2. The minimum absolute atomic E-state index is 0.0722. The van der Waals surface area contributed by atoms with E-state index in [1.807, 2.05) is 0 Å². The molecule has 1 aromatic heterocycles. The quantitative estimate of drug-likeness (QED) is 0.541. The van der Waals surface area contributed by atoms with E-state index < -0.39 is 28.5 Å². The number of benzene rings is 2. The maximum Gasteiger partial charge on any atom is 0.359 e. The largest absolute Gasteiger partial charge is 0.451 e. The van der Waals surface area contributed by atoms with Crippen LogP contribution in [0.4, 0.5) is 5.69 Å². The number of hydrogen-bond donors (Lipinski definition) is 1. The van der Waals surface area contributed by atoms with Gasteiger partial charge in [-0.2, -0.15) is 9.40 Å². The number of rotatable bonds is 6. The van der Waals surface area contributed by atoms with Crippen LogP contribution in [0.1, 0.15) is 23.3 Å². The van der Waals surface area contributed by atoms with E-state index in [4.69, 9.17) is 4.74 Å². The summed E-state index contributed by atoms with van der Waals surface area (Å²) in [5.74, 6) is -1.45. The standard InChI is InChI=1S/C22H22N4O6S/c1-25-21(28)18-7-3-2-6-17(18)20(24-25)22(29)32-14-19(27)23-15-8-10-16(11-9-15)33(30,31)26-12-4-5-13-26/h2-3,6-11H,4-5,12-14H2,1H3,(H,23,27). The zero-order chi connectivity index (χ0) is 23.6. The molecule has 10 nitrogen and oxygen atoms in total. The molecule has 4 rings (SSSR count). The van der Waals surface area contributed by atoms with E-state index >= 15 is 0 Å². The molecule has 0 saturated carbocycles. The number of fused-ring (bicyclic) bond motifs is 1. The first-order valence-electron chi connectivity index (χ1n) is 10.3. The molecular weight excluding hydrogens is 448 g/mol. The molecule has 2 aromatic carbocycles. The minimum Gasteiger partial charge on any atom is -0.451 e. The Bertz CT molecular complexity index is 1380. The molecule has 0 aliphatic carbocycles. The van der Waals surface area contributed by atoms with E-state index in [2.05, 4.69) is 10.4 Å². The van der Waals surface area contributed by atoms with Gasteiger partial charge in [0.2, 0.25) is 10.0 Å². The number of sulfonamides is 1. The molecule has 0 atom stereocenters. The van der Waals surface area contributed by atoms with Crippen LogP contribution in [0, 0.1) is 0 Å². The Morgan fingerprint density at radius 3 is 2.33 bits per heavy atom. The molecule has 1 aliphatic rings. The fraction of sp³-hybridized carbons (Fsp3) is 0.273. The van der Waals surface area contributed by atoms with Gasteiger partial charge in [0, 0.05) is 31.2 Å². The molecule has 0 spiro atoms. The summed E-state index contributed by atoms with van der Waals surface area (Å²) >= 11 is 0. The number of aryl methyl sites for hydroxylation is 1. The SMILES string of the molecule is Cn1nc(C(=O)OCC(=O)Nc2ccc(S(=O)(=O)N3CCCC3)cc2)c2ccccc2c1=O. The lowest BCUT2D eigenvalue weighted by molar-refractivity contribution is -0.119. The molecule has 1 fully saturated rings. The highest BCUT2D eigenvalue weighted by Gasteiger charge is 2.27. The average molecular weight is 471 g/mol. The Morgan fingerprint density at radius 2 is 1.67 bits per heavy atom. The van der Waals surface area contributed by atoms with Crippen LogP contribution in [0.15, 0.2) is 58.2 Å². The van der Waals surface area contributed by atoms with Gasteiger partial charge < -0.3 is 10.1 Å². The highest BCUT2D eigenvalue weighted by atomic mass is 32.2. The number of esters is 1. The molecule has 0 radical (unpaired) electrons. The Balaban J connectivity index is 1.40. The molecule has 0 unspecified atom stereocenters. The van der Waals surface area contributed by atoms with Crippen molar-refractivity contribution in [2.45, 2.75) is 17.7 Å². The fourth-order valence-corrected chi connectivity index (χ4v) is 5.15. The van der Waals surface area contributed by atoms with Crippen molar-refractivity contribution in [2.24, 2.45) is 7.05 Å². The number of ether oxygens (including phenoxy) is 1. The predicted molar refractivity (Wildman–Crippen MR) is 120 cm³/mol. The smallest absolute Gasteiger partial charge is 0.359 e. The molecule has 11 heteroatoms. The normalized spacial score (nSPS) is 14.3. The van der Waals surface area contributed by atoms with E-state index in [9.17, 15) is 22.8 Å². The van der Waals surface area contributed by atoms with Gasteiger partial charge in [0.1, 0.15) is 0 Å². The van der Waals surface area contributed by atoms with Crippen molar-refractivity contribution in [3.63, 3.8) is 0 Å². The van der Waals surface area contributed by atoms with Crippen molar-refractivity contribution in [1.82, 2.24) is 14.1 Å². The number of hydrogen-bond acceptors (Lipinski definition) is 7. The zero-order valence-electron chi connectivity index (χ0n) is 17.9. The first kappa shape index (κ1) is 22.6. The second-order valence-corrected chi connectivity index (χ2v) is 9.52. The third kappa shape index (κ3) is 4.64. The number of anilines is 1. The van der Waals surface area contributed by atoms with E-state index in [0.29, 0.717) is 29.5 Å². The summed E-state index contributed by atoms with van der Waals surface area (Å²) in [6.45, 7) is 0.434. The lowest BCUT2D eigenvalue weighted by Gasteiger charge is -2.15. The van der Waals surface area contributed by atoms with E-state index in [-0.39, 0.29) is 16.1 Å². The summed E-state index contributed by atoms with van der Waals surface area (Å²) in [7, 11) is -2.12. The molecule has 0 bridgehead atoms. The highest BCUT2D eigenvalue weighted by molar-refractivity contribution is 7.89. The minimum atomic E-state index is -3.54. The van der Waals surface area contributed by atoms with E-state index in [1.165, 1.54) is 35.6 Å². The number of nitrogens with one attached hydrogen (secondary N) is 1. The topological polar surface area (TPSA) is 128 Å². The number of carbonyl (C=O) groups excluding carboxylic acids is 2. The molecular formula is C22H22N4O6S. The van der Waals surface area contributed by atoms with Crippen LogP contribution in [-0.2, 0) is 26.6 Å². The van der Waals surface area contributed by atoms with Crippen LogP contribution in [0.5, 0.6) is 0 Å². The van der Waals surface area contributed by atoms with Gasteiger partial charge >= 0.3 is 5.97 Å². The second-order valence-electron chi connectivity index (χ2n) is 7.58. The third-order valence-corrected chi connectivity index (χ3v) is 7.24. The predicted octanol–water partition coefficient (Wildman–Crippen LogP) is 1.51. The zero-order valence-corrected chi connectivity index (χ0v) is 18.7. The molecule has 1 N–H and O–H groups in total. The number of aromatic nitrogens is 2. The lowest BCUT2D eigenvalue weighted by Crippen LogP contribution is -2.27. The van der Waals surface area contributed by atoms with E-state index in [0.717, 1.165) is 17.5 Å². The Hall–Kier alpha value is -3.57. The van der Waals surface area contributed by atoms with Gasteiger partial charge in [-0.3, -0.25) is 9.59 Å². The van der Waals surface area contributed by atoms with Gasteiger partial charge in [-0.1, -0.05) is 18.2 Å². The van der Waals surface area contributed by atoms with Crippen molar-refractivity contribution in [3.8, 4) is 0 Å². The summed E-state index contributed by atoms with van der Waals surface area (Å²) in [6, 6.07) is 12.3. The van der Waals surface area contributed by atoms with Crippen molar-refractivity contribution in [3.05, 3.63) is 64.6 Å². The van der Waals surface area contributed by atoms with Crippen LogP contribution >= 0.6 is 0 Å². The van der Waals surface area contributed by atoms with Gasteiger partial charge in [-0.15, -0.1) is 0 Å². The van der Waals surface area contributed by atoms with Crippen LogP contribution in [0.2, 0.25) is 0 Å². The summed E-state index contributed by atoms with van der Waals surface area (Å²) in [6.07, 6.45) is 1.69. The molecule has 3 aromatic rings. The van der Waals surface area contributed by atoms with Crippen molar-refractivity contribution >= 4 is 38.4 Å². The summed E-state index contributed by atoms with van der Waals surface area (Å²) in [5, 5.41) is 7.17. The molecule has 1 amide bonds. The van der Waals surface area contributed by atoms with E-state index in [1.54, 1.807) is 24.3 Å². The first-order valence-corrected chi connectivity index (χ1v) is 11.7. The van der Waals surface area contributed by atoms with Crippen LogP contribution in [-0.4, -0.2) is 54.1 Å². The highest BCUT2D eigenvalue weighted by Crippen LogP contribution is 2.22. The molecule has 1 aliphatic heterocycles.